The maximum absolute atomic E-state index is 6.48. The first-order valence-electron chi connectivity index (χ1n) is 20.9. The maximum Gasteiger partial charge on any atom is 0.164 e. The lowest BCUT2D eigenvalue weighted by Gasteiger charge is -2.12. The standard InChI is InChI=1S/C56H41N3O/c1-3-12-35(2)39-15-11-16-40(31-39)42-27-30-52-51(33-42)49-29-26-43(34-53(49)60-52)56-58-54(37-13-5-4-6-14-37)57-55(59-56)38-23-21-36(22-24-38)41-25-28-48-46-19-8-7-17-44(46)45-18-9-10-20-47(45)50(48)32-41/h4-11,13-35H,3,12H2,1-2H3. The molecule has 0 saturated carbocycles. The highest BCUT2D eigenvalue weighted by atomic mass is 16.3. The van der Waals surface area contributed by atoms with Crippen LogP contribution in [0.3, 0.4) is 0 Å². The molecule has 11 rings (SSSR count). The molecular formula is C56H41N3O. The fourth-order valence-corrected chi connectivity index (χ4v) is 8.97. The molecule has 4 nitrogen and oxygen atoms in total. The van der Waals surface area contributed by atoms with Gasteiger partial charge in [-0.2, -0.15) is 0 Å². The van der Waals surface area contributed by atoms with Gasteiger partial charge in [0, 0.05) is 27.5 Å². The number of furan rings is 1. The zero-order valence-electron chi connectivity index (χ0n) is 33.6. The summed E-state index contributed by atoms with van der Waals surface area (Å²) in [6, 6.07) is 64.7. The van der Waals surface area contributed by atoms with Crippen LogP contribution in [0.4, 0.5) is 0 Å². The molecule has 0 saturated heterocycles. The molecule has 0 fully saturated rings. The Morgan fingerprint density at radius 1 is 0.367 bits per heavy atom. The third-order valence-corrected chi connectivity index (χ3v) is 12.1. The number of hydrogen-bond donors (Lipinski definition) is 0. The first-order valence-corrected chi connectivity index (χ1v) is 20.9. The van der Waals surface area contributed by atoms with Crippen molar-refractivity contribution in [3.05, 3.63) is 188 Å². The van der Waals surface area contributed by atoms with Gasteiger partial charge in [0.1, 0.15) is 11.2 Å². The minimum atomic E-state index is 0.531. The summed E-state index contributed by atoms with van der Waals surface area (Å²) in [5, 5.41) is 9.77. The van der Waals surface area contributed by atoms with Gasteiger partial charge >= 0.3 is 0 Å². The SMILES string of the molecule is CCCC(C)c1cccc(-c2ccc3oc4cc(-c5nc(-c6ccccc6)nc(-c6ccc(-c7ccc8c9ccccc9c9ccccc9c8c7)cc6)n5)ccc4c3c2)c1. The Kier molecular flexibility index (Phi) is 8.78. The van der Waals surface area contributed by atoms with Crippen molar-refractivity contribution < 1.29 is 4.42 Å². The molecule has 0 amide bonds. The Bertz CT molecular complexity index is 3370. The van der Waals surface area contributed by atoms with Crippen molar-refractivity contribution in [1.29, 1.82) is 0 Å². The van der Waals surface area contributed by atoms with Crippen LogP contribution in [0, 0.1) is 0 Å². The summed E-state index contributed by atoms with van der Waals surface area (Å²) in [5.41, 5.74) is 10.5. The second-order valence-corrected chi connectivity index (χ2v) is 15.9. The van der Waals surface area contributed by atoms with Crippen molar-refractivity contribution in [1.82, 2.24) is 15.0 Å². The summed E-state index contributed by atoms with van der Waals surface area (Å²) >= 11 is 0. The van der Waals surface area contributed by atoms with Crippen molar-refractivity contribution >= 4 is 54.3 Å². The number of nitrogens with zero attached hydrogens (tertiary/aromatic N) is 3. The molecular weight excluding hydrogens is 731 g/mol. The van der Waals surface area contributed by atoms with Gasteiger partial charge in [0.05, 0.1) is 0 Å². The van der Waals surface area contributed by atoms with Crippen molar-refractivity contribution in [2.24, 2.45) is 0 Å². The summed E-state index contributed by atoms with van der Waals surface area (Å²) in [6.45, 7) is 4.57. The molecule has 0 N–H and O–H groups in total. The predicted molar refractivity (Wildman–Crippen MR) is 250 cm³/mol. The average Bonchev–Trinajstić information content (AvgIpc) is 3.69. The van der Waals surface area contributed by atoms with Crippen LogP contribution in [0.2, 0.25) is 0 Å². The van der Waals surface area contributed by atoms with E-state index in [0.29, 0.717) is 23.4 Å². The zero-order chi connectivity index (χ0) is 40.2. The third-order valence-electron chi connectivity index (χ3n) is 12.1. The minimum Gasteiger partial charge on any atom is -0.456 e. The monoisotopic (exact) mass is 771 g/mol. The molecule has 0 bridgehead atoms. The number of aromatic nitrogens is 3. The number of benzene rings is 9. The summed E-state index contributed by atoms with van der Waals surface area (Å²) in [4.78, 5) is 15.1. The second-order valence-electron chi connectivity index (χ2n) is 15.9. The van der Waals surface area contributed by atoms with Crippen molar-refractivity contribution in [3.63, 3.8) is 0 Å². The van der Waals surface area contributed by atoms with Gasteiger partial charge in [-0.1, -0.05) is 172 Å². The van der Waals surface area contributed by atoms with Crippen molar-refractivity contribution in [2.75, 3.05) is 0 Å². The highest BCUT2D eigenvalue weighted by Gasteiger charge is 2.17. The molecule has 1 unspecified atom stereocenters. The summed E-state index contributed by atoms with van der Waals surface area (Å²) in [6.07, 6.45) is 2.36. The van der Waals surface area contributed by atoms with E-state index in [1.54, 1.807) is 0 Å². The first kappa shape index (κ1) is 35.7. The average molecular weight is 772 g/mol. The molecule has 9 aromatic carbocycles. The normalized spacial score (nSPS) is 12.2. The number of rotatable bonds is 8. The lowest BCUT2D eigenvalue weighted by atomic mass is 9.92. The van der Waals surface area contributed by atoms with Gasteiger partial charge in [-0.15, -0.1) is 0 Å². The smallest absolute Gasteiger partial charge is 0.164 e. The Morgan fingerprint density at radius 2 is 0.850 bits per heavy atom. The van der Waals surface area contributed by atoms with E-state index in [2.05, 4.69) is 166 Å². The van der Waals surface area contributed by atoms with Gasteiger partial charge in [-0.25, -0.2) is 15.0 Å². The molecule has 0 aliphatic carbocycles. The van der Waals surface area contributed by atoms with E-state index < -0.39 is 0 Å². The molecule has 0 spiro atoms. The number of hydrogen-bond acceptors (Lipinski definition) is 4. The Balaban J connectivity index is 0.964. The van der Waals surface area contributed by atoms with Crippen molar-refractivity contribution in [2.45, 2.75) is 32.6 Å². The second kappa shape index (κ2) is 14.7. The molecule has 2 heterocycles. The van der Waals surface area contributed by atoms with Crippen LogP contribution in [0.1, 0.15) is 38.2 Å². The van der Waals surface area contributed by atoms with Crippen LogP contribution in [0.5, 0.6) is 0 Å². The van der Waals surface area contributed by atoms with E-state index in [0.717, 1.165) is 49.8 Å². The molecule has 0 radical (unpaired) electrons. The summed E-state index contributed by atoms with van der Waals surface area (Å²) < 4.78 is 6.48. The highest BCUT2D eigenvalue weighted by Crippen LogP contribution is 2.39. The zero-order valence-corrected chi connectivity index (χ0v) is 33.6. The summed E-state index contributed by atoms with van der Waals surface area (Å²) in [5.74, 6) is 2.37. The highest BCUT2D eigenvalue weighted by molar-refractivity contribution is 6.25. The van der Waals surface area contributed by atoms with E-state index in [1.807, 2.05) is 30.3 Å². The van der Waals surface area contributed by atoms with Gasteiger partial charge in [0.25, 0.3) is 0 Å². The van der Waals surface area contributed by atoms with Crippen LogP contribution >= 0.6 is 0 Å². The molecule has 0 aliphatic rings. The molecule has 0 aliphatic heterocycles. The van der Waals surface area contributed by atoms with Gasteiger partial charge in [0.15, 0.2) is 17.5 Å². The van der Waals surface area contributed by atoms with Crippen LogP contribution in [-0.4, -0.2) is 15.0 Å². The lowest BCUT2D eigenvalue weighted by Crippen LogP contribution is -2.00. The Hall–Kier alpha value is -7.43. The van der Waals surface area contributed by atoms with Crippen LogP contribution in [0.25, 0.3) is 111 Å². The molecule has 11 aromatic rings. The van der Waals surface area contributed by atoms with Crippen LogP contribution in [-0.2, 0) is 0 Å². The van der Waals surface area contributed by atoms with Crippen molar-refractivity contribution in [3.8, 4) is 56.4 Å². The van der Waals surface area contributed by atoms with Crippen LogP contribution in [0.15, 0.2) is 186 Å². The Morgan fingerprint density at radius 3 is 1.55 bits per heavy atom. The maximum atomic E-state index is 6.48. The molecule has 2 aromatic heterocycles. The molecule has 60 heavy (non-hydrogen) atoms. The first-order chi connectivity index (χ1) is 29.6. The molecule has 4 heteroatoms. The van der Waals surface area contributed by atoms with E-state index in [4.69, 9.17) is 19.4 Å². The fraction of sp³-hybridized carbons (Fsp3) is 0.0893. The quantitative estimate of drug-likeness (QED) is 0.144. The molecule has 1 atom stereocenters. The van der Waals surface area contributed by atoms with Gasteiger partial charge < -0.3 is 4.42 Å². The minimum absolute atomic E-state index is 0.531. The topological polar surface area (TPSA) is 51.8 Å². The fourth-order valence-electron chi connectivity index (χ4n) is 8.97. The van der Waals surface area contributed by atoms with E-state index in [9.17, 15) is 0 Å². The number of fused-ring (bicyclic) bond motifs is 9. The van der Waals surface area contributed by atoms with E-state index in [-0.39, 0.29) is 0 Å². The van der Waals surface area contributed by atoms with E-state index >= 15 is 0 Å². The van der Waals surface area contributed by atoms with E-state index in [1.165, 1.54) is 61.8 Å². The van der Waals surface area contributed by atoms with Gasteiger partial charge in [-0.05, 0) is 103 Å². The van der Waals surface area contributed by atoms with Gasteiger partial charge in [0.2, 0.25) is 0 Å². The third kappa shape index (κ3) is 6.29. The largest absolute Gasteiger partial charge is 0.456 e. The van der Waals surface area contributed by atoms with Crippen LogP contribution < -0.4 is 0 Å². The summed E-state index contributed by atoms with van der Waals surface area (Å²) in [7, 11) is 0. The predicted octanol–water partition coefficient (Wildman–Crippen LogP) is 15.5. The Labute approximate surface area is 348 Å². The van der Waals surface area contributed by atoms with Gasteiger partial charge in [-0.3, -0.25) is 0 Å². The lowest BCUT2D eigenvalue weighted by molar-refractivity contribution is 0.665. The molecule has 286 valence electrons.